The number of amides is 1. The summed E-state index contributed by atoms with van der Waals surface area (Å²) in [6.45, 7) is 4.77. The van der Waals surface area contributed by atoms with Gasteiger partial charge >= 0.3 is 0 Å². The van der Waals surface area contributed by atoms with Crippen molar-refractivity contribution in [3.63, 3.8) is 0 Å². The molecule has 106 valence electrons. The second kappa shape index (κ2) is 6.28. The predicted octanol–water partition coefficient (Wildman–Crippen LogP) is 2.57. The van der Waals surface area contributed by atoms with Gasteiger partial charge in [-0.3, -0.25) is 4.79 Å². The fourth-order valence-corrected chi connectivity index (χ4v) is 1.93. The molecule has 2 rings (SSSR count). The number of rotatable bonds is 5. The van der Waals surface area contributed by atoms with Gasteiger partial charge in [-0.15, -0.1) is 0 Å². The van der Waals surface area contributed by atoms with E-state index in [0.29, 0.717) is 23.9 Å². The molecule has 0 atom stereocenters. The zero-order chi connectivity index (χ0) is 14.5. The van der Waals surface area contributed by atoms with E-state index in [1.807, 2.05) is 24.3 Å². The maximum absolute atomic E-state index is 11.7. The van der Waals surface area contributed by atoms with Crippen LogP contribution in [0.4, 0.5) is 5.69 Å². The molecular weight excluding hydrogens is 252 g/mol. The van der Waals surface area contributed by atoms with Crippen LogP contribution in [-0.2, 0) is 4.79 Å². The number of hydrogen-bond acceptors (Lipinski definition) is 3. The van der Waals surface area contributed by atoms with E-state index in [-0.39, 0.29) is 12.5 Å². The average Bonchev–Trinajstić information content (AvgIpc) is 2.45. The third-order valence-corrected chi connectivity index (χ3v) is 2.98. The number of anilines is 1. The fraction of sp³-hybridized carbons (Fsp3) is 0.312. The van der Waals surface area contributed by atoms with Gasteiger partial charge in [-0.05, 0) is 18.1 Å². The zero-order valence-electron chi connectivity index (χ0n) is 11.8. The molecule has 3 N–H and O–H groups in total. The lowest BCUT2D eigenvalue weighted by Crippen LogP contribution is -2.31. The van der Waals surface area contributed by atoms with Gasteiger partial charge in [0.25, 0.3) is 5.91 Å². The van der Waals surface area contributed by atoms with Crippen LogP contribution in [0.1, 0.15) is 13.8 Å². The van der Waals surface area contributed by atoms with Gasteiger partial charge in [-0.1, -0.05) is 38.1 Å². The highest BCUT2D eigenvalue weighted by Crippen LogP contribution is 2.29. The number of ether oxygens (including phenoxy) is 1. The Morgan fingerprint density at radius 1 is 1.20 bits per heavy atom. The van der Waals surface area contributed by atoms with Gasteiger partial charge in [0.05, 0.1) is 0 Å². The lowest BCUT2D eigenvalue weighted by Gasteiger charge is -2.11. The number of carbonyl (C=O) groups is 1. The molecule has 0 spiro atoms. The second-order valence-corrected chi connectivity index (χ2v) is 5.19. The monoisotopic (exact) mass is 272 g/mol. The Morgan fingerprint density at radius 2 is 1.90 bits per heavy atom. The standard InChI is InChI=1S/C16H20N2O2/c1-11(2)9-18-16(19)10-20-15-8-7-14(17)12-5-3-4-6-13(12)15/h3-8,11H,9-10,17H2,1-2H3,(H,18,19). The molecule has 0 bridgehead atoms. The van der Waals surface area contributed by atoms with E-state index < -0.39 is 0 Å². The third-order valence-electron chi connectivity index (χ3n) is 2.98. The van der Waals surface area contributed by atoms with Crippen molar-refractivity contribution in [2.24, 2.45) is 5.92 Å². The quantitative estimate of drug-likeness (QED) is 0.822. The van der Waals surface area contributed by atoms with E-state index >= 15 is 0 Å². The molecule has 0 saturated carbocycles. The summed E-state index contributed by atoms with van der Waals surface area (Å²) in [5.41, 5.74) is 6.63. The number of carbonyl (C=O) groups excluding carboxylic acids is 1. The van der Waals surface area contributed by atoms with Crippen LogP contribution in [0.3, 0.4) is 0 Å². The van der Waals surface area contributed by atoms with Crippen LogP contribution in [0.2, 0.25) is 0 Å². The molecule has 0 aromatic heterocycles. The van der Waals surface area contributed by atoms with Gasteiger partial charge < -0.3 is 15.8 Å². The molecule has 2 aromatic carbocycles. The molecule has 0 aliphatic carbocycles. The van der Waals surface area contributed by atoms with Crippen LogP contribution in [-0.4, -0.2) is 19.1 Å². The van der Waals surface area contributed by atoms with Crippen molar-refractivity contribution in [2.45, 2.75) is 13.8 Å². The molecule has 0 radical (unpaired) electrons. The normalized spacial score (nSPS) is 10.8. The van der Waals surface area contributed by atoms with E-state index in [2.05, 4.69) is 19.2 Å². The molecule has 20 heavy (non-hydrogen) atoms. The first-order chi connectivity index (χ1) is 9.58. The Morgan fingerprint density at radius 3 is 2.60 bits per heavy atom. The average molecular weight is 272 g/mol. The Balaban J connectivity index is 2.07. The minimum Gasteiger partial charge on any atom is -0.483 e. The van der Waals surface area contributed by atoms with Crippen molar-refractivity contribution in [1.82, 2.24) is 5.32 Å². The van der Waals surface area contributed by atoms with Gasteiger partial charge in [0, 0.05) is 23.0 Å². The zero-order valence-corrected chi connectivity index (χ0v) is 11.8. The summed E-state index contributed by atoms with van der Waals surface area (Å²) in [6.07, 6.45) is 0. The van der Waals surface area contributed by atoms with E-state index in [0.717, 1.165) is 10.8 Å². The van der Waals surface area contributed by atoms with Gasteiger partial charge in [-0.2, -0.15) is 0 Å². The number of nitrogen functional groups attached to an aromatic ring is 1. The van der Waals surface area contributed by atoms with Crippen LogP contribution >= 0.6 is 0 Å². The first-order valence-corrected chi connectivity index (χ1v) is 6.74. The first-order valence-electron chi connectivity index (χ1n) is 6.74. The van der Waals surface area contributed by atoms with Crippen molar-refractivity contribution in [1.29, 1.82) is 0 Å². The van der Waals surface area contributed by atoms with Crippen molar-refractivity contribution >= 4 is 22.4 Å². The predicted molar refractivity (Wildman–Crippen MR) is 81.7 cm³/mol. The molecule has 0 aliphatic heterocycles. The Hall–Kier alpha value is -2.23. The molecule has 4 nitrogen and oxygen atoms in total. The highest BCUT2D eigenvalue weighted by Gasteiger charge is 2.07. The first kappa shape index (κ1) is 14.2. The highest BCUT2D eigenvalue weighted by molar-refractivity contribution is 5.97. The molecule has 0 fully saturated rings. The summed E-state index contributed by atoms with van der Waals surface area (Å²) < 4.78 is 5.60. The summed E-state index contributed by atoms with van der Waals surface area (Å²) in [5.74, 6) is 0.991. The van der Waals surface area contributed by atoms with Crippen LogP contribution in [0, 0.1) is 5.92 Å². The topological polar surface area (TPSA) is 64.3 Å². The van der Waals surface area contributed by atoms with Gasteiger partial charge in [0.15, 0.2) is 6.61 Å². The van der Waals surface area contributed by atoms with Crippen LogP contribution in [0.15, 0.2) is 36.4 Å². The minimum atomic E-state index is -0.111. The second-order valence-electron chi connectivity index (χ2n) is 5.19. The summed E-state index contributed by atoms with van der Waals surface area (Å²) in [5, 5.41) is 4.68. The molecule has 0 saturated heterocycles. The van der Waals surface area contributed by atoms with Gasteiger partial charge in [-0.25, -0.2) is 0 Å². The van der Waals surface area contributed by atoms with E-state index in [1.54, 1.807) is 12.1 Å². The van der Waals surface area contributed by atoms with Crippen LogP contribution in [0.5, 0.6) is 5.75 Å². The van der Waals surface area contributed by atoms with E-state index in [1.165, 1.54) is 0 Å². The smallest absolute Gasteiger partial charge is 0.257 e. The summed E-state index contributed by atoms with van der Waals surface area (Å²) in [7, 11) is 0. The number of fused-ring (bicyclic) bond motifs is 1. The van der Waals surface area contributed by atoms with Crippen molar-refractivity contribution in [2.75, 3.05) is 18.9 Å². The molecule has 1 amide bonds. The number of hydrogen-bond donors (Lipinski definition) is 2. The molecular formula is C16H20N2O2. The number of benzene rings is 2. The van der Waals surface area contributed by atoms with Crippen molar-refractivity contribution < 1.29 is 9.53 Å². The Labute approximate surface area is 118 Å². The fourth-order valence-electron chi connectivity index (χ4n) is 1.93. The molecule has 2 aromatic rings. The minimum absolute atomic E-state index is 0.0145. The molecule has 0 unspecified atom stereocenters. The number of nitrogens with two attached hydrogens (primary N) is 1. The molecule has 0 heterocycles. The van der Waals surface area contributed by atoms with Gasteiger partial charge in [0.1, 0.15) is 5.75 Å². The molecule has 0 aliphatic rings. The summed E-state index contributed by atoms with van der Waals surface area (Å²) >= 11 is 0. The third kappa shape index (κ3) is 3.41. The highest BCUT2D eigenvalue weighted by atomic mass is 16.5. The summed E-state index contributed by atoms with van der Waals surface area (Å²) in [4.78, 5) is 11.7. The summed E-state index contributed by atoms with van der Waals surface area (Å²) in [6, 6.07) is 11.3. The lowest BCUT2D eigenvalue weighted by molar-refractivity contribution is -0.123. The SMILES string of the molecule is CC(C)CNC(=O)COc1ccc(N)c2ccccc12. The maximum atomic E-state index is 11.7. The molecule has 4 heteroatoms. The number of nitrogens with one attached hydrogen (secondary N) is 1. The lowest BCUT2D eigenvalue weighted by atomic mass is 10.1. The van der Waals surface area contributed by atoms with Crippen LogP contribution < -0.4 is 15.8 Å². The van der Waals surface area contributed by atoms with Crippen LogP contribution in [0.25, 0.3) is 10.8 Å². The van der Waals surface area contributed by atoms with E-state index in [9.17, 15) is 4.79 Å². The maximum Gasteiger partial charge on any atom is 0.257 e. The van der Waals surface area contributed by atoms with Gasteiger partial charge in [0.2, 0.25) is 0 Å². The largest absolute Gasteiger partial charge is 0.483 e. The Kier molecular flexibility index (Phi) is 4.45. The Bertz CT molecular complexity index is 608. The van der Waals surface area contributed by atoms with Crippen molar-refractivity contribution in [3.8, 4) is 5.75 Å². The van der Waals surface area contributed by atoms with E-state index in [4.69, 9.17) is 10.5 Å². The van der Waals surface area contributed by atoms with Crippen molar-refractivity contribution in [3.05, 3.63) is 36.4 Å².